The third-order valence-corrected chi connectivity index (χ3v) is 4.57. The van der Waals surface area contributed by atoms with Gasteiger partial charge in [-0.3, -0.25) is 0 Å². The maximum absolute atomic E-state index is 6.28. The zero-order valence-corrected chi connectivity index (χ0v) is 14.0. The molecule has 0 aromatic heterocycles. The standard InChI is InChI=1S/C17H25ClN2O2/c1-13(12-20-5-3-2-4-6-20)19-11-14-9-15(18)17-16(10-14)21-7-8-22-17/h9-10,13,19H,2-8,11-12H2,1H3. The zero-order valence-electron chi connectivity index (χ0n) is 13.2. The minimum absolute atomic E-state index is 0.463. The maximum atomic E-state index is 6.28. The molecule has 1 unspecified atom stereocenters. The van der Waals surface area contributed by atoms with E-state index in [0.717, 1.165) is 24.4 Å². The Kier molecular flexibility index (Phi) is 5.45. The first-order chi connectivity index (χ1) is 10.7. The number of benzene rings is 1. The highest BCUT2D eigenvalue weighted by Crippen LogP contribution is 2.38. The highest BCUT2D eigenvalue weighted by Gasteiger charge is 2.17. The van der Waals surface area contributed by atoms with Crippen molar-refractivity contribution in [3.05, 3.63) is 22.7 Å². The first kappa shape index (κ1) is 15.9. The van der Waals surface area contributed by atoms with E-state index in [0.29, 0.717) is 30.0 Å². The van der Waals surface area contributed by atoms with E-state index in [-0.39, 0.29) is 0 Å². The van der Waals surface area contributed by atoms with Gasteiger partial charge in [0.2, 0.25) is 0 Å². The van der Waals surface area contributed by atoms with Crippen LogP contribution in [0.2, 0.25) is 5.02 Å². The Morgan fingerprint density at radius 2 is 1.95 bits per heavy atom. The Balaban J connectivity index is 1.53. The van der Waals surface area contributed by atoms with E-state index in [1.165, 1.54) is 32.4 Å². The monoisotopic (exact) mass is 324 g/mol. The van der Waals surface area contributed by atoms with E-state index in [9.17, 15) is 0 Å². The van der Waals surface area contributed by atoms with Gasteiger partial charge in [0.15, 0.2) is 11.5 Å². The second kappa shape index (κ2) is 7.53. The molecule has 0 aliphatic carbocycles. The SMILES string of the molecule is CC(CN1CCCCC1)NCc1cc(Cl)c2c(c1)OCCO2. The lowest BCUT2D eigenvalue weighted by Gasteiger charge is -2.29. The average Bonchev–Trinajstić information content (AvgIpc) is 2.54. The van der Waals surface area contributed by atoms with E-state index in [1.807, 2.05) is 12.1 Å². The normalized spacial score (nSPS) is 19.9. The van der Waals surface area contributed by atoms with Crippen LogP contribution in [-0.2, 0) is 6.54 Å². The van der Waals surface area contributed by atoms with E-state index >= 15 is 0 Å². The van der Waals surface area contributed by atoms with Gasteiger partial charge < -0.3 is 19.7 Å². The van der Waals surface area contributed by atoms with Gasteiger partial charge in [-0.1, -0.05) is 18.0 Å². The molecule has 0 radical (unpaired) electrons. The van der Waals surface area contributed by atoms with E-state index in [2.05, 4.69) is 17.1 Å². The molecule has 5 heteroatoms. The van der Waals surface area contributed by atoms with Crippen LogP contribution in [0.5, 0.6) is 11.5 Å². The van der Waals surface area contributed by atoms with Gasteiger partial charge in [-0.15, -0.1) is 0 Å². The Morgan fingerprint density at radius 1 is 1.18 bits per heavy atom. The van der Waals surface area contributed by atoms with Crippen molar-refractivity contribution in [2.24, 2.45) is 0 Å². The molecule has 1 saturated heterocycles. The summed E-state index contributed by atoms with van der Waals surface area (Å²) >= 11 is 6.28. The molecule has 2 heterocycles. The molecule has 0 spiro atoms. The number of piperidine rings is 1. The molecule has 122 valence electrons. The summed E-state index contributed by atoms with van der Waals surface area (Å²) in [6, 6.07) is 4.46. The van der Waals surface area contributed by atoms with Crippen LogP contribution < -0.4 is 14.8 Å². The van der Waals surface area contributed by atoms with Gasteiger partial charge in [-0.2, -0.15) is 0 Å². The van der Waals surface area contributed by atoms with Gasteiger partial charge in [0.1, 0.15) is 13.2 Å². The third-order valence-electron chi connectivity index (χ3n) is 4.29. The number of rotatable bonds is 5. The number of hydrogen-bond donors (Lipinski definition) is 1. The largest absolute Gasteiger partial charge is 0.486 e. The average molecular weight is 325 g/mol. The quantitative estimate of drug-likeness (QED) is 0.902. The molecule has 22 heavy (non-hydrogen) atoms. The second-order valence-corrected chi connectivity index (χ2v) is 6.65. The van der Waals surface area contributed by atoms with Crippen LogP contribution in [0.25, 0.3) is 0 Å². The van der Waals surface area contributed by atoms with Gasteiger partial charge in [-0.25, -0.2) is 0 Å². The van der Waals surface area contributed by atoms with Crippen LogP contribution in [0, 0.1) is 0 Å². The summed E-state index contributed by atoms with van der Waals surface area (Å²) in [6.07, 6.45) is 4.06. The van der Waals surface area contributed by atoms with E-state index < -0.39 is 0 Å². The molecule has 0 bridgehead atoms. The van der Waals surface area contributed by atoms with Crippen LogP contribution in [0.4, 0.5) is 0 Å². The lowest BCUT2D eigenvalue weighted by molar-refractivity contribution is 0.171. The topological polar surface area (TPSA) is 33.7 Å². The van der Waals surface area contributed by atoms with Crippen molar-refractivity contribution in [1.82, 2.24) is 10.2 Å². The van der Waals surface area contributed by atoms with Gasteiger partial charge in [-0.05, 0) is 50.6 Å². The molecule has 1 aromatic carbocycles. The minimum Gasteiger partial charge on any atom is -0.486 e. The molecule has 2 aliphatic rings. The third kappa shape index (κ3) is 4.06. The predicted octanol–water partition coefficient (Wildman–Crippen LogP) is 3.08. The van der Waals surface area contributed by atoms with Crippen LogP contribution in [0.15, 0.2) is 12.1 Å². The van der Waals surface area contributed by atoms with Crippen molar-refractivity contribution in [2.75, 3.05) is 32.8 Å². The molecular formula is C17H25ClN2O2. The highest BCUT2D eigenvalue weighted by atomic mass is 35.5. The number of fused-ring (bicyclic) bond motifs is 1. The summed E-state index contributed by atoms with van der Waals surface area (Å²) in [5.74, 6) is 1.44. The van der Waals surface area contributed by atoms with Crippen molar-refractivity contribution in [1.29, 1.82) is 0 Å². The van der Waals surface area contributed by atoms with Crippen molar-refractivity contribution in [3.63, 3.8) is 0 Å². The molecule has 2 aliphatic heterocycles. The number of halogens is 1. The first-order valence-electron chi connectivity index (χ1n) is 8.26. The predicted molar refractivity (Wildman–Crippen MR) is 89.0 cm³/mol. The smallest absolute Gasteiger partial charge is 0.179 e. The van der Waals surface area contributed by atoms with Gasteiger partial charge in [0.05, 0.1) is 5.02 Å². The molecule has 0 saturated carbocycles. The number of nitrogens with one attached hydrogen (secondary N) is 1. The van der Waals surface area contributed by atoms with Crippen LogP contribution in [0.1, 0.15) is 31.7 Å². The zero-order chi connectivity index (χ0) is 15.4. The Hall–Kier alpha value is -0.970. The highest BCUT2D eigenvalue weighted by molar-refractivity contribution is 6.32. The second-order valence-electron chi connectivity index (χ2n) is 6.25. The van der Waals surface area contributed by atoms with Crippen molar-refractivity contribution in [2.45, 2.75) is 38.8 Å². The Morgan fingerprint density at radius 3 is 2.77 bits per heavy atom. The fourth-order valence-electron chi connectivity index (χ4n) is 3.15. The molecule has 1 atom stereocenters. The minimum atomic E-state index is 0.463. The summed E-state index contributed by atoms with van der Waals surface area (Å²) < 4.78 is 11.2. The fourth-order valence-corrected chi connectivity index (χ4v) is 3.44. The van der Waals surface area contributed by atoms with E-state index in [1.54, 1.807) is 0 Å². The molecule has 0 amide bonds. The van der Waals surface area contributed by atoms with Crippen molar-refractivity contribution >= 4 is 11.6 Å². The first-order valence-corrected chi connectivity index (χ1v) is 8.64. The molecule has 3 rings (SSSR count). The number of nitrogens with zero attached hydrogens (tertiary/aromatic N) is 1. The molecular weight excluding hydrogens is 300 g/mol. The van der Waals surface area contributed by atoms with E-state index in [4.69, 9.17) is 21.1 Å². The lowest BCUT2D eigenvalue weighted by Crippen LogP contribution is -2.41. The summed E-state index contributed by atoms with van der Waals surface area (Å²) in [5, 5.41) is 4.22. The molecule has 1 aromatic rings. The van der Waals surface area contributed by atoms with Gasteiger partial charge >= 0.3 is 0 Å². The van der Waals surface area contributed by atoms with Crippen LogP contribution in [-0.4, -0.2) is 43.8 Å². The maximum Gasteiger partial charge on any atom is 0.179 e. The summed E-state index contributed by atoms with van der Waals surface area (Å²) in [5.41, 5.74) is 1.14. The summed E-state index contributed by atoms with van der Waals surface area (Å²) in [4.78, 5) is 2.55. The van der Waals surface area contributed by atoms with Crippen molar-refractivity contribution in [3.8, 4) is 11.5 Å². The molecule has 1 fully saturated rings. The van der Waals surface area contributed by atoms with Crippen LogP contribution in [0.3, 0.4) is 0 Å². The number of ether oxygens (including phenoxy) is 2. The summed E-state index contributed by atoms with van der Waals surface area (Å²) in [6.45, 7) is 7.78. The number of likely N-dealkylation sites (tertiary alicyclic amines) is 1. The fraction of sp³-hybridized carbons (Fsp3) is 0.647. The Bertz CT molecular complexity index is 504. The summed E-state index contributed by atoms with van der Waals surface area (Å²) in [7, 11) is 0. The molecule has 1 N–H and O–H groups in total. The van der Waals surface area contributed by atoms with Gasteiger partial charge in [0, 0.05) is 19.1 Å². The number of hydrogen-bond acceptors (Lipinski definition) is 4. The lowest BCUT2D eigenvalue weighted by atomic mass is 10.1. The van der Waals surface area contributed by atoms with Gasteiger partial charge in [0.25, 0.3) is 0 Å². The molecule has 4 nitrogen and oxygen atoms in total. The Labute approximate surface area is 137 Å². The van der Waals surface area contributed by atoms with Crippen molar-refractivity contribution < 1.29 is 9.47 Å². The van der Waals surface area contributed by atoms with Crippen LogP contribution >= 0.6 is 11.6 Å².